The highest BCUT2D eigenvalue weighted by Crippen LogP contribution is 2.04. The summed E-state index contributed by atoms with van der Waals surface area (Å²) in [5.74, 6) is -0.280. The van der Waals surface area contributed by atoms with Crippen LogP contribution in [0.4, 0.5) is 0 Å². The summed E-state index contributed by atoms with van der Waals surface area (Å²) in [7, 11) is 0. The van der Waals surface area contributed by atoms with Gasteiger partial charge in [0.25, 0.3) is 5.91 Å². The Labute approximate surface area is 125 Å². The number of morpholine rings is 1. The minimum absolute atomic E-state index is 0.0728. The number of nitrogens with one attached hydrogen (secondary N) is 1. The van der Waals surface area contributed by atoms with Crippen LogP contribution in [0, 0.1) is 11.3 Å². The number of hydrogen-bond donors (Lipinski definition) is 1. The minimum atomic E-state index is -0.394. The molecule has 7 nitrogen and oxygen atoms in total. The van der Waals surface area contributed by atoms with E-state index in [0.717, 1.165) is 0 Å². The van der Waals surface area contributed by atoms with Gasteiger partial charge >= 0.3 is 0 Å². The van der Waals surface area contributed by atoms with E-state index < -0.39 is 6.29 Å². The van der Waals surface area contributed by atoms with Crippen LogP contribution >= 0.6 is 0 Å². The first-order chi connectivity index (χ1) is 10.2. The summed E-state index contributed by atoms with van der Waals surface area (Å²) >= 11 is 0. The lowest BCUT2D eigenvalue weighted by atomic mass is 10.2. The van der Waals surface area contributed by atoms with Crippen LogP contribution in [0.25, 0.3) is 0 Å². The fraction of sp³-hybridized carbons (Fsp3) is 0.714. The average molecular weight is 297 g/mol. The molecule has 1 rings (SSSR count). The summed E-state index contributed by atoms with van der Waals surface area (Å²) in [5, 5.41) is 12.0. The van der Waals surface area contributed by atoms with Gasteiger partial charge < -0.3 is 24.4 Å². The van der Waals surface area contributed by atoms with Crippen molar-refractivity contribution in [3.63, 3.8) is 0 Å². The molecule has 1 aliphatic rings. The molecule has 7 heteroatoms. The monoisotopic (exact) mass is 297 g/mol. The van der Waals surface area contributed by atoms with Gasteiger partial charge in [0, 0.05) is 32.5 Å². The lowest BCUT2D eigenvalue weighted by molar-refractivity contribution is -0.132. The Morgan fingerprint density at radius 1 is 1.38 bits per heavy atom. The van der Waals surface area contributed by atoms with Gasteiger partial charge in [0.05, 0.1) is 19.8 Å². The maximum absolute atomic E-state index is 12.1. The fourth-order valence-electron chi connectivity index (χ4n) is 1.87. The van der Waals surface area contributed by atoms with Gasteiger partial charge in [-0.2, -0.15) is 5.26 Å². The van der Waals surface area contributed by atoms with Gasteiger partial charge in [0.15, 0.2) is 6.29 Å². The molecular weight excluding hydrogens is 274 g/mol. The fourth-order valence-corrected chi connectivity index (χ4v) is 1.87. The number of carbonyl (C=O) groups excluding carboxylic acids is 1. The van der Waals surface area contributed by atoms with Crippen molar-refractivity contribution in [2.75, 3.05) is 46.1 Å². The Morgan fingerprint density at radius 2 is 2.00 bits per heavy atom. The highest BCUT2D eigenvalue weighted by atomic mass is 16.7. The Balaban J connectivity index is 2.50. The van der Waals surface area contributed by atoms with Gasteiger partial charge in [0.1, 0.15) is 11.6 Å². The molecule has 0 atom stereocenters. The molecule has 118 valence electrons. The maximum Gasteiger partial charge on any atom is 0.266 e. The van der Waals surface area contributed by atoms with Crippen molar-refractivity contribution >= 4 is 5.91 Å². The Kier molecular flexibility index (Phi) is 8.43. The molecule has 0 unspecified atom stereocenters. The van der Waals surface area contributed by atoms with E-state index in [4.69, 9.17) is 19.5 Å². The van der Waals surface area contributed by atoms with E-state index in [9.17, 15) is 4.79 Å². The summed E-state index contributed by atoms with van der Waals surface area (Å²) in [6.07, 6.45) is 1.03. The molecule has 0 radical (unpaired) electrons. The van der Waals surface area contributed by atoms with E-state index in [1.54, 1.807) is 4.90 Å². The van der Waals surface area contributed by atoms with Gasteiger partial charge in [-0.1, -0.05) is 0 Å². The van der Waals surface area contributed by atoms with Gasteiger partial charge in [-0.3, -0.25) is 4.79 Å². The van der Waals surface area contributed by atoms with Crippen molar-refractivity contribution in [2.45, 2.75) is 20.1 Å². The number of hydrogen-bond acceptors (Lipinski definition) is 6. The predicted octanol–water partition coefficient (Wildman–Crippen LogP) is 0.241. The molecule has 1 aliphatic heterocycles. The van der Waals surface area contributed by atoms with Crippen LogP contribution in [-0.4, -0.2) is 63.2 Å². The van der Waals surface area contributed by atoms with Crippen LogP contribution in [0.15, 0.2) is 11.8 Å². The Hall–Kier alpha value is -1.62. The second kappa shape index (κ2) is 10.2. The topological polar surface area (TPSA) is 83.8 Å². The van der Waals surface area contributed by atoms with Crippen LogP contribution in [-0.2, 0) is 19.0 Å². The van der Waals surface area contributed by atoms with E-state index in [1.807, 2.05) is 19.9 Å². The highest BCUT2D eigenvalue weighted by molar-refractivity contribution is 5.97. The molecule has 0 aromatic carbocycles. The molecule has 0 bridgehead atoms. The number of amides is 1. The van der Waals surface area contributed by atoms with Gasteiger partial charge in [-0.05, 0) is 13.8 Å². The zero-order chi connectivity index (χ0) is 15.5. The van der Waals surface area contributed by atoms with Crippen molar-refractivity contribution in [1.29, 1.82) is 5.26 Å². The molecule has 1 heterocycles. The van der Waals surface area contributed by atoms with Crippen molar-refractivity contribution in [1.82, 2.24) is 10.2 Å². The van der Waals surface area contributed by atoms with Gasteiger partial charge in [-0.15, -0.1) is 0 Å². The summed E-state index contributed by atoms with van der Waals surface area (Å²) in [6, 6.07) is 1.92. The third-order valence-electron chi connectivity index (χ3n) is 2.89. The SMILES string of the molecule is CCOC(CN/C=C(/C#N)C(=O)N1CCOCC1)OCC. The lowest BCUT2D eigenvalue weighted by Gasteiger charge is -2.26. The molecule has 0 aromatic rings. The second-order valence-electron chi connectivity index (χ2n) is 4.32. The largest absolute Gasteiger partial charge is 0.385 e. The third-order valence-corrected chi connectivity index (χ3v) is 2.89. The Morgan fingerprint density at radius 3 is 2.52 bits per heavy atom. The van der Waals surface area contributed by atoms with Crippen molar-refractivity contribution in [2.24, 2.45) is 0 Å². The molecule has 0 spiro atoms. The predicted molar refractivity (Wildman–Crippen MR) is 76.1 cm³/mol. The second-order valence-corrected chi connectivity index (χ2v) is 4.32. The molecular formula is C14H23N3O4. The van der Waals surface area contributed by atoms with E-state index in [1.165, 1.54) is 6.20 Å². The zero-order valence-corrected chi connectivity index (χ0v) is 12.6. The molecule has 21 heavy (non-hydrogen) atoms. The van der Waals surface area contributed by atoms with Crippen molar-refractivity contribution in [3.8, 4) is 6.07 Å². The standard InChI is InChI=1S/C14H23N3O4/c1-3-20-13(21-4-2)11-16-10-12(9-15)14(18)17-5-7-19-8-6-17/h10,13,16H,3-8,11H2,1-2H3/b12-10-. The Bertz CT molecular complexity index is 380. The summed E-state index contributed by atoms with van der Waals surface area (Å²) in [4.78, 5) is 13.7. The molecule has 0 aromatic heterocycles. The number of nitrogens with zero attached hydrogens (tertiary/aromatic N) is 2. The van der Waals surface area contributed by atoms with Crippen LogP contribution in [0.2, 0.25) is 0 Å². The number of rotatable bonds is 8. The van der Waals surface area contributed by atoms with E-state index in [2.05, 4.69) is 5.32 Å². The number of nitriles is 1. The smallest absolute Gasteiger partial charge is 0.266 e. The first kappa shape index (κ1) is 17.4. The zero-order valence-electron chi connectivity index (χ0n) is 12.6. The summed E-state index contributed by atoms with van der Waals surface area (Å²) in [6.45, 7) is 7.25. The average Bonchev–Trinajstić information content (AvgIpc) is 2.52. The first-order valence-corrected chi connectivity index (χ1v) is 7.16. The quantitative estimate of drug-likeness (QED) is 0.392. The first-order valence-electron chi connectivity index (χ1n) is 7.16. The van der Waals surface area contributed by atoms with E-state index in [-0.39, 0.29) is 11.5 Å². The van der Waals surface area contributed by atoms with Gasteiger partial charge in [-0.25, -0.2) is 0 Å². The van der Waals surface area contributed by atoms with E-state index >= 15 is 0 Å². The molecule has 0 aliphatic carbocycles. The van der Waals surface area contributed by atoms with Gasteiger partial charge in [0.2, 0.25) is 0 Å². The molecule has 1 amide bonds. The third kappa shape index (κ3) is 6.12. The van der Waals surface area contributed by atoms with Crippen LogP contribution < -0.4 is 5.32 Å². The number of carbonyl (C=O) groups is 1. The van der Waals surface area contributed by atoms with E-state index in [0.29, 0.717) is 46.1 Å². The lowest BCUT2D eigenvalue weighted by Crippen LogP contribution is -2.41. The normalized spacial score (nSPS) is 15.9. The van der Waals surface area contributed by atoms with Crippen molar-refractivity contribution < 1.29 is 19.0 Å². The maximum atomic E-state index is 12.1. The summed E-state index contributed by atoms with van der Waals surface area (Å²) < 4.78 is 15.9. The van der Waals surface area contributed by atoms with Crippen LogP contribution in [0.3, 0.4) is 0 Å². The summed E-state index contributed by atoms with van der Waals surface area (Å²) in [5.41, 5.74) is 0.0728. The van der Waals surface area contributed by atoms with Crippen LogP contribution in [0.5, 0.6) is 0 Å². The van der Waals surface area contributed by atoms with Crippen LogP contribution in [0.1, 0.15) is 13.8 Å². The molecule has 1 N–H and O–H groups in total. The molecule has 0 saturated carbocycles. The van der Waals surface area contributed by atoms with Crippen molar-refractivity contribution in [3.05, 3.63) is 11.8 Å². The minimum Gasteiger partial charge on any atom is -0.385 e. The molecule has 1 saturated heterocycles. The molecule has 1 fully saturated rings. The highest BCUT2D eigenvalue weighted by Gasteiger charge is 2.20. The number of ether oxygens (including phenoxy) is 3.